The van der Waals surface area contributed by atoms with Crippen LogP contribution in [0, 0.1) is 5.92 Å². The second kappa shape index (κ2) is 5.55. The van der Waals surface area contributed by atoms with Gasteiger partial charge in [-0.05, 0) is 24.1 Å². The third kappa shape index (κ3) is 10.9. The second-order valence-corrected chi connectivity index (χ2v) is 9.03. The number of rotatable bonds is 5. The minimum atomic E-state index is -2.98. The topological polar surface area (TPSA) is 40.5 Å². The normalized spacial score (nSPS) is 12.5. The lowest BCUT2D eigenvalue weighted by molar-refractivity contribution is 0.502. The quantitative estimate of drug-likeness (QED) is 0.544. The van der Waals surface area contributed by atoms with E-state index in [1.54, 1.807) is 0 Å². The first-order chi connectivity index (χ1) is 4.92. The Morgan fingerprint density at radius 2 is 2.00 bits per heavy atom. The first kappa shape index (κ1) is 11.9. The Labute approximate surface area is 77.3 Å². The lowest BCUT2D eigenvalue weighted by atomic mass is 10.1. The molecule has 0 fully saturated rings. The van der Waals surface area contributed by atoms with Gasteiger partial charge in [0.15, 0.2) is 0 Å². The molecule has 0 heterocycles. The van der Waals surface area contributed by atoms with Gasteiger partial charge in [-0.15, -0.1) is 0 Å². The summed E-state index contributed by atoms with van der Waals surface area (Å²) in [6.45, 7) is 4.30. The molecule has 0 aliphatic rings. The molecule has 2 N–H and O–H groups in total. The summed E-state index contributed by atoms with van der Waals surface area (Å²) < 4.78 is 0. The van der Waals surface area contributed by atoms with Crippen molar-refractivity contribution in [3.05, 3.63) is 0 Å². The molecular weight excluding hydrogens is 199 g/mol. The molecule has 2 nitrogen and oxygen atoms in total. The summed E-state index contributed by atoms with van der Waals surface area (Å²) in [5.74, 6) is 1.45. The van der Waals surface area contributed by atoms with Gasteiger partial charge in [0.25, 0.3) is 0 Å². The average Bonchev–Trinajstić information content (AvgIpc) is 1.78. The highest BCUT2D eigenvalue weighted by molar-refractivity contribution is 8.67. The summed E-state index contributed by atoms with van der Waals surface area (Å²) in [5, 5.41) is 0. The van der Waals surface area contributed by atoms with Crippen molar-refractivity contribution < 1.29 is 9.79 Å². The SMILES string of the molecule is CC(C)CCCSP(O)(O)=S. The molecule has 0 saturated heterocycles. The Bertz CT molecular complexity index is 144. The third-order valence-electron chi connectivity index (χ3n) is 1.19. The summed E-state index contributed by atoms with van der Waals surface area (Å²) in [4.78, 5) is 17.7. The van der Waals surface area contributed by atoms with Gasteiger partial charge >= 0.3 is 0 Å². The van der Waals surface area contributed by atoms with Crippen molar-refractivity contribution in [2.24, 2.45) is 5.92 Å². The minimum absolute atomic E-state index is 0.686. The lowest BCUT2D eigenvalue weighted by Crippen LogP contribution is -1.88. The Balaban J connectivity index is 3.22. The molecule has 5 heteroatoms. The molecule has 0 aromatic heterocycles. The van der Waals surface area contributed by atoms with Crippen molar-refractivity contribution in [2.75, 3.05) is 5.75 Å². The van der Waals surface area contributed by atoms with E-state index in [2.05, 4.69) is 25.7 Å². The van der Waals surface area contributed by atoms with E-state index in [9.17, 15) is 0 Å². The maximum Gasteiger partial charge on any atom is 0.242 e. The van der Waals surface area contributed by atoms with E-state index in [1.807, 2.05) is 0 Å². The molecule has 0 spiro atoms. The first-order valence-electron chi connectivity index (χ1n) is 3.62. The fraction of sp³-hybridized carbons (Fsp3) is 1.00. The van der Waals surface area contributed by atoms with Gasteiger partial charge in [0.1, 0.15) is 0 Å². The lowest BCUT2D eigenvalue weighted by Gasteiger charge is -2.06. The molecule has 68 valence electrons. The van der Waals surface area contributed by atoms with Gasteiger partial charge in [-0.3, -0.25) is 0 Å². The Hall–Kier alpha value is 0.920. The molecule has 0 aromatic carbocycles. The highest BCUT2D eigenvalue weighted by Crippen LogP contribution is 2.50. The average molecular weight is 214 g/mol. The third-order valence-corrected chi connectivity index (χ3v) is 4.50. The van der Waals surface area contributed by atoms with Gasteiger partial charge in [-0.2, -0.15) is 0 Å². The molecule has 0 atom stereocenters. The van der Waals surface area contributed by atoms with Crippen LogP contribution in [0.4, 0.5) is 0 Å². The van der Waals surface area contributed by atoms with Crippen LogP contribution in [0.3, 0.4) is 0 Å². The molecular formula is C6H15O2PS2. The molecule has 0 aliphatic carbocycles. The van der Waals surface area contributed by atoms with Gasteiger partial charge in [-0.1, -0.05) is 31.7 Å². The monoisotopic (exact) mass is 214 g/mol. The second-order valence-electron chi connectivity index (χ2n) is 2.86. The van der Waals surface area contributed by atoms with E-state index in [4.69, 9.17) is 9.79 Å². The molecule has 0 rings (SSSR count). The van der Waals surface area contributed by atoms with Crippen LogP contribution in [-0.4, -0.2) is 15.5 Å². The summed E-state index contributed by atoms with van der Waals surface area (Å²) in [6.07, 6.45) is 2.14. The van der Waals surface area contributed by atoms with Crippen LogP contribution in [0.5, 0.6) is 0 Å². The first-order valence-corrected chi connectivity index (χ1v) is 7.92. The van der Waals surface area contributed by atoms with Gasteiger partial charge < -0.3 is 9.79 Å². The predicted octanol–water partition coefficient (Wildman–Crippen LogP) is 2.36. The Kier molecular flexibility index (Phi) is 6.01. The zero-order chi connectivity index (χ0) is 8.91. The van der Waals surface area contributed by atoms with E-state index in [1.165, 1.54) is 0 Å². The summed E-state index contributed by atoms with van der Waals surface area (Å²) >= 11 is 5.56. The van der Waals surface area contributed by atoms with Crippen LogP contribution in [0.15, 0.2) is 0 Å². The van der Waals surface area contributed by atoms with Crippen molar-refractivity contribution >= 4 is 28.9 Å². The smallest absolute Gasteiger partial charge is 0.242 e. The summed E-state index contributed by atoms with van der Waals surface area (Å²) in [7, 11) is 0. The molecule has 0 saturated carbocycles. The summed E-state index contributed by atoms with van der Waals surface area (Å²) in [5.41, 5.74) is -2.98. The van der Waals surface area contributed by atoms with Crippen LogP contribution >= 0.6 is 17.1 Å². The van der Waals surface area contributed by atoms with Crippen molar-refractivity contribution in [1.82, 2.24) is 0 Å². The molecule has 0 radical (unpaired) electrons. The van der Waals surface area contributed by atoms with E-state index in [-0.39, 0.29) is 0 Å². The van der Waals surface area contributed by atoms with E-state index < -0.39 is 5.69 Å². The summed E-state index contributed by atoms with van der Waals surface area (Å²) in [6, 6.07) is 0. The van der Waals surface area contributed by atoms with Gasteiger partial charge in [0, 0.05) is 5.75 Å². The molecule has 0 aliphatic heterocycles. The fourth-order valence-corrected chi connectivity index (χ4v) is 2.98. The highest BCUT2D eigenvalue weighted by Gasteiger charge is 2.06. The van der Waals surface area contributed by atoms with Crippen LogP contribution in [0.2, 0.25) is 0 Å². The van der Waals surface area contributed by atoms with Crippen molar-refractivity contribution in [1.29, 1.82) is 0 Å². The minimum Gasteiger partial charge on any atom is -0.338 e. The zero-order valence-corrected chi connectivity index (χ0v) is 9.38. The van der Waals surface area contributed by atoms with Crippen LogP contribution in [-0.2, 0) is 11.8 Å². The predicted molar refractivity (Wildman–Crippen MR) is 55.3 cm³/mol. The maximum atomic E-state index is 8.83. The largest absolute Gasteiger partial charge is 0.338 e. The Morgan fingerprint density at radius 3 is 2.36 bits per heavy atom. The molecule has 0 unspecified atom stereocenters. The zero-order valence-electron chi connectivity index (χ0n) is 6.86. The van der Waals surface area contributed by atoms with Crippen LogP contribution in [0.1, 0.15) is 26.7 Å². The van der Waals surface area contributed by atoms with Crippen molar-refractivity contribution in [3.63, 3.8) is 0 Å². The number of hydrogen-bond donors (Lipinski definition) is 2. The molecule has 0 amide bonds. The highest BCUT2D eigenvalue weighted by atomic mass is 32.9. The van der Waals surface area contributed by atoms with E-state index in [0.717, 1.165) is 30.0 Å². The van der Waals surface area contributed by atoms with Gasteiger partial charge in [-0.25, -0.2) is 0 Å². The van der Waals surface area contributed by atoms with Crippen LogP contribution < -0.4 is 0 Å². The van der Waals surface area contributed by atoms with E-state index >= 15 is 0 Å². The van der Waals surface area contributed by atoms with Crippen LogP contribution in [0.25, 0.3) is 0 Å². The number of hydrogen-bond acceptors (Lipinski definition) is 2. The van der Waals surface area contributed by atoms with Gasteiger partial charge in [0.05, 0.1) is 0 Å². The standard InChI is InChI=1S/C6H15O2PS2/c1-6(2)4-3-5-11-9(7,8)10/h6H,3-5H2,1-2H3,(H2,7,8,10). The Morgan fingerprint density at radius 1 is 1.45 bits per heavy atom. The molecule has 0 aromatic rings. The molecule has 11 heavy (non-hydrogen) atoms. The maximum absolute atomic E-state index is 8.83. The molecule has 0 bridgehead atoms. The fourth-order valence-electron chi connectivity index (χ4n) is 0.675. The van der Waals surface area contributed by atoms with Gasteiger partial charge in [0.2, 0.25) is 5.69 Å². The van der Waals surface area contributed by atoms with Crippen molar-refractivity contribution in [2.45, 2.75) is 26.7 Å². The van der Waals surface area contributed by atoms with Crippen molar-refractivity contribution in [3.8, 4) is 0 Å². The van der Waals surface area contributed by atoms with E-state index in [0.29, 0.717) is 5.92 Å².